The molecule has 6 N–H and O–H groups in total. The number of anilines is 3. The van der Waals surface area contributed by atoms with Crippen molar-refractivity contribution in [1.29, 1.82) is 0 Å². The summed E-state index contributed by atoms with van der Waals surface area (Å²) in [5.41, 5.74) is -1.21. The molecular weight excluding hydrogens is 642 g/mol. The molecule has 0 saturated heterocycles. The van der Waals surface area contributed by atoms with E-state index in [2.05, 4.69) is 35.8 Å². The van der Waals surface area contributed by atoms with Gasteiger partial charge in [-0.3, -0.25) is 13.7 Å². The van der Waals surface area contributed by atoms with Crippen LogP contribution in [0.15, 0.2) is 61.3 Å². The molecule has 4 aromatic rings. The number of phenolic OH excluding ortho intramolecular Hbond substituents is 1. The molecule has 1 aromatic heterocycles. The van der Waals surface area contributed by atoms with E-state index in [0.717, 1.165) is 24.3 Å². The molecule has 1 heterocycles. The smallest absolute Gasteiger partial charge is 0.296 e. The number of nitrogens with one attached hydrogen (secondary N) is 2. The second kappa shape index (κ2) is 11.0. The number of aromatic hydroxyl groups is 1. The number of nitrogens with zero attached hydrogens (tertiary/aromatic N) is 5. The van der Waals surface area contributed by atoms with Gasteiger partial charge >= 0.3 is 0 Å². The van der Waals surface area contributed by atoms with Crippen LogP contribution in [0, 0.1) is 6.92 Å². The molecule has 222 valence electrons. The van der Waals surface area contributed by atoms with E-state index in [1.54, 1.807) is 6.92 Å². The first-order valence-corrected chi connectivity index (χ1v) is 15.7. The molecule has 0 spiro atoms. The van der Waals surface area contributed by atoms with Crippen LogP contribution in [-0.2, 0) is 30.4 Å². The topological polar surface area (TPSA) is 271 Å². The van der Waals surface area contributed by atoms with Gasteiger partial charge in [-0.2, -0.15) is 40.2 Å². The highest BCUT2D eigenvalue weighted by atomic mass is 35.5. The van der Waals surface area contributed by atoms with Gasteiger partial charge in [-0.05, 0) is 59.8 Å². The highest BCUT2D eigenvalue weighted by Crippen LogP contribution is 2.46. The predicted molar refractivity (Wildman–Crippen MR) is 148 cm³/mol. The minimum Gasteiger partial charge on any atom is -0.505 e. The number of hydrogen-bond acceptors (Lipinski definition) is 14. The second-order valence-electron chi connectivity index (χ2n) is 8.36. The number of fused-ring (bicyclic) bond motifs is 1. The first-order valence-electron chi connectivity index (χ1n) is 11.0. The summed E-state index contributed by atoms with van der Waals surface area (Å²) in [5.74, 6) is -1.30. The lowest BCUT2D eigenvalue weighted by molar-refractivity contribution is 0.472. The van der Waals surface area contributed by atoms with E-state index in [9.17, 15) is 44.0 Å². The van der Waals surface area contributed by atoms with Crippen molar-refractivity contribution in [3.8, 4) is 5.75 Å². The lowest BCUT2D eigenvalue weighted by Gasteiger charge is -2.15. The molecule has 0 aliphatic carbocycles. The molecule has 0 unspecified atom stereocenters. The average molecular weight is 660 g/mol. The minimum atomic E-state index is -5.21. The Kier molecular flexibility index (Phi) is 8.08. The van der Waals surface area contributed by atoms with E-state index >= 15 is 0 Å². The Hall–Kier alpha value is -4.05. The summed E-state index contributed by atoms with van der Waals surface area (Å²) in [4.78, 5) is 9.09. The normalized spacial score (nSPS) is 12.6. The zero-order valence-corrected chi connectivity index (χ0v) is 24.2. The average Bonchev–Trinajstić information content (AvgIpc) is 2.85. The van der Waals surface area contributed by atoms with Gasteiger partial charge in [-0.15, -0.1) is 10.2 Å². The molecule has 0 aliphatic rings. The Morgan fingerprint density at radius 3 is 2.05 bits per heavy atom. The molecular formula is C21H18ClN7O10S3. The maximum atomic E-state index is 12.3. The second-order valence-corrected chi connectivity index (χ2v) is 12.9. The minimum absolute atomic E-state index is 0.0205. The fourth-order valence-corrected chi connectivity index (χ4v) is 5.63. The molecule has 0 saturated carbocycles. The van der Waals surface area contributed by atoms with Crippen molar-refractivity contribution >= 4 is 81.7 Å². The van der Waals surface area contributed by atoms with Crippen molar-refractivity contribution in [2.24, 2.45) is 10.2 Å². The lowest BCUT2D eigenvalue weighted by atomic mass is 10.1. The van der Waals surface area contributed by atoms with Crippen LogP contribution in [-0.4, -0.2) is 66.0 Å². The van der Waals surface area contributed by atoms with Gasteiger partial charge in [0.1, 0.15) is 21.2 Å². The molecule has 21 heteroatoms. The van der Waals surface area contributed by atoms with Gasteiger partial charge in [0.2, 0.25) is 17.2 Å². The summed E-state index contributed by atoms with van der Waals surface area (Å²) in [6.45, 7) is 1.56. The van der Waals surface area contributed by atoms with Gasteiger partial charge < -0.3 is 15.7 Å². The van der Waals surface area contributed by atoms with Crippen LogP contribution >= 0.6 is 11.6 Å². The largest absolute Gasteiger partial charge is 0.505 e. The van der Waals surface area contributed by atoms with E-state index < -0.39 is 62.2 Å². The van der Waals surface area contributed by atoms with Gasteiger partial charge in [0.05, 0.1) is 10.6 Å². The van der Waals surface area contributed by atoms with Crippen LogP contribution in [0.2, 0.25) is 5.28 Å². The molecule has 0 aliphatic heterocycles. The summed E-state index contributed by atoms with van der Waals surface area (Å²) in [6, 6.07) is 5.91. The van der Waals surface area contributed by atoms with Crippen molar-refractivity contribution < 1.29 is 44.0 Å². The van der Waals surface area contributed by atoms with Crippen LogP contribution in [0.3, 0.4) is 0 Å². The number of hydrogen-bond donors (Lipinski definition) is 6. The Bertz CT molecular complexity index is 2120. The molecule has 3 aromatic carbocycles. The number of rotatable bonds is 8. The van der Waals surface area contributed by atoms with E-state index in [4.69, 9.17) is 11.6 Å². The Morgan fingerprint density at radius 2 is 1.45 bits per heavy atom. The van der Waals surface area contributed by atoms with Crippen LogP contribution in [0.5, 0.6) is 5.75 Å². The highest BCUT2D eigenvalue weighted by molar-refractivity contribution is 7.86. The van der Waals surface area contributed by atoms with Crippen LogP contribution in [0.4, 0.5) is 29.0 Å². The first-order chi connectivity index (χ1) is 19.4. The van der Waals surface area contributed by atoms with Crippen LogP contribution < -0.4 is 10.6 Å². The summed E-state index contributed by atoms with van der Waals surface area (Å²) < 4.78 is 101. The molecule has 0 atom stereocenters. The number of phenols is 1. The zero-order chi connectivity index (χ0) is 31.2. The Morgan fingerprint density at radius 1 is 0.810 bits per heavy atom. The van der Waals surface area contributed by atoms with Crippen molar-refractivity contribution in [3.63, 3.8) is 0 Å². The number of halogens is 1. The summed E-state index contributed by atoms with van der Waals surface area (Å²) in [5, 5.41) is 22.8. The quantitative estimate of drug-likeness (QED) is 0.116. The third kappa shape index (κ3) is 6.54. The maximum Gasteiger partial charge on any atom is 0.296 e. The fraction of sp³-hybridized carbons (Fsp3) is 0.0952. The van der Waals surface area contributed by atoms with Gasteiger partial charge in [0.25, 0.3) is 30.4 Å². The molecule has 0 fully saturated rings. The fourth-order valence-electron chi connectivity index (χ4n) is 3.67. The third-order valence-corrected chi connectivity index (χ3v) is 8.20. The van der Waals surface area contributed by atoms with E-state index in [0.29, 0.717) is 5.56 Å². The number of aryl methyl sites for hydroxylation is 1. The zero-order valence-electron chi connectivity index (χ0n) is 21.0. The number of aromatic nitrogens is 3. The Balaban J connectivity index is 2.07. The van der Waals surface area contributed by atoms with Crippen molar-refractivity contribution in [2.75, 3.05) is 17.7 Å². The molecule has 0 radical (unpaired) electrons. The summed E-state index contributed by atoms with van der Waals surface area (Å²) in [6.07, 6.45) is 0. The predicted octanol–water partition coefficient (Wildman–Crippen LogP) is 3.63. The van der Waals surface area contributed by atoms with E-state index in [1.165, 1.54) is 19.2 Å². The van der Waals surface area contributed by atoms with Gasteiger partial charge in [0, 0.05) is 12.4 Å². The first kappa shape index (κ1) is 30.9. The lowest BCUT2D eigenvalue weighted by Crippen LogP contribution is -2.06. The number of benzene rings is 3. The number of azo groups is 1. The van der Waals surface area contributed by atoms with Crippen molar-refractivity contribution in [1.82, 2.24) is 15.0 Å². The van der Waals surface area contributed by atoms with Crippen molar-refractivity contribution in [3.05, 3.63) is 47.2 Å². The van der Waals surface area contributed by atoms with Gasteiger partial charge in [-0.25, -0.2) is 0 Å². The SMILES string of the molecule is CNc1nc(Cl)nc(Nc2cc(S(=O)(=O)O)cc3cc(S(=O)(=O)O)c(N=Nc4cc(C)ccc4S(=O)(=O)O)c(O)c23)n1. The summed E-state index contributed by atoms with van der Waals surface area (Å²) >= 11 is 5.89. The van der Waals surface area contributed by atoms with Crippen LogP contribution in [0.25, 0.3) is 10.8 Å². The molecule has 0 bridgehead atoms. The monoisotopic (exact) mass is 659 g/mol. The summed E-state index contributed by atoms with van der Waals surface area (Å²) in [7, 11) is -13.5. The van der Waals surface area contributed by atoms with E-state index in [1.807, 2.05) is 0 Å². The Labute approximate surface area is 242 Å². The van der Waals surface area contributed by atoms with Crippen LogP contribution in [0.1, 0.15) is 5.56 Å². The maximum absolute atomic E-state index is 12.3. The van der Waals surface area contributed by atoms with Gasteiger partial charge in [0.15, 0.2) is 5.75 Å². The van der Waals surface area contributed by atoms with Gasteiger partial charge in [-0.1, -0.05) is 6.07 Å². The third-order valence-electron chi connectivity index (χ3n) is 5.43. The molecule has 17 nitrogen and oxygen atoms in total. The van der Waals surface area contributed by atoms with E-state index in [-0.39, 0.29) is 33.6 Å². The van der Waals surface area contributed by atoms with Crippen molar-refractivity contribution in [2.45, 2.75) is 21.6 Å². The highest BCUT2D eigenvalue weighted by Gasteiger charge is 2.26. The molecule has 0 amide bonds. The standard InChI is InChI=1S/C21H18ClN7O10S3/c1-9-3-4-14(41(34,35)36)12(5-9)28-29-17-15(42(37,38)39)7-10-6-11(40(31,32)33)8-13(16(10)18(17)30)24-21-26-19(22)25-20(23-2)27-21/h3-8,30H,1-2H3,(H,31,32,33)(H,34,35,36)(H,37,38,39)(H2,23,24,25,26,27). The molecule has 42 heavy (non-hydrogen) atoms. The molecule has 4 rings (SSSR count).